The summed E-state index contributed by atoms with van der Waals surface area (Å²) in [4.78, 5) is 45.7. The average molecular weight is 280 g/mol. The number of fused-ring (bicyclic) bond motifs is 2. The lowest BCUT2D eigenvalue weighted by Crippen LogP contribution is -2.17. The van der Waals surface area contributed by atoms with Crippen LogP contribution in [0.4, 0.5) is 0 Å². The average Bonchev–Trinajstić information content (AvgIpc) is 2.43. The van der Waals surface area contributed by atoms with Gasteiger partial charge in [0, 0.05) is 0 Å². The molecule has 0 unspecified atom stereocenters. The third-order valence-electron chi connectivity index (χ3n) is 2.59. The second kappa shape index (κ2) is 5.00. The summed E-state index contributed by atoms with van der Waals surface area (Å²) in [5, 5.41) is 18.1. The van der Waals surface area contributed by atoms with Crippen LogP contribution in [0, 0.1) is 0 Å². The molecular weight excluding hydrogens is 272 g/mol. The maximum absolute atomic E-state index is 11.7. The maximum Gasteiger partial charge on any atom is 0.339 e. The highest BCUT2D eigenvalue weighted by molar-refractivity contribution is 6.11. The quantitative estimate of drug-likeness (QED) is 0.745. The van der Waals surface area contributed by atoms with Gasteiger partial charge in [-0.15, -0.1) is 0 Å². The van der Waals surface area contributed by atoms with Crippen LogP contribution >= 0.6 is 0 Å². The molecule has 0 aromatic heterocycles. The van der Waals surface area contributed by atoms with Gasteiger partial charge in [-0.2, -0.15) is 0 Å². The number of cyclic esters (lactones) is 2. The van der Waals surface area contributed by atoms with Crippen molar-refractivity contribution in [3.8, 4) is 0 Å². The topological polar surface area (TPSA) is 127 Å². The van der Waals surface area contributed by atoms with Crippen molar-refractivity contribution in [1.82, 2.24) is 0 Å². The van der Waals surface area contributed by atoms with E-state index in [1.807, 2.05) is 0 Å². The van der Waals surface area contributed by atoms with Gasteiger partial charge in [0.1, 0.15) is 13.2 Å². The van der Waals surface area contributed by atoms with Crippen molar-refractivity contribution in [2.24, 2.45) is 0 Å². The van der Waals surface area contributed by atoms with Crippen LogP contribution in [0.15, 0.2) is 12.1 Å². The summed E-state index contributed by atoms with van der Waals surface area (Å²) < 4.78 is 9.41. The summed E-state index contributed by atoms with van der Waals surface area (Å²) in [6.07, 6.45) is 0. The highest BCUT2D eigenvalue weighted by Gasteiger charge is 2.29. The number of carbonyl (C=O) groups excluding carboxylic acids is 2. The van der Waals surface area contributed by atoms with E-state index in [0.717, 1.165) is 12.1 Å². The molecule has 8 heteroatoms. The van der Waals surface area contributed by atoms with Gasteiger partial charge in [-0.05, 0) is 12.1 Å². The molecule has 0 saturated carbocycles. The fourth-order valence-corrected chi connectivity index (χ4v) is 1.74. The zero-order valence-electron chi connectivity index (χ0n) is 9.91. The predicted octanol–water partition coefficient (Wildman–Crippen LogP) is 0.410. The molecule has 1 aliphatic rings. The summed E-state index contributed by atoms with van der Waals surface area (Å²) in [6.45, 7) is -0.491. The number of ether oxygens (including phenoxy) is 2. The number of rotatable bonds is 2. The van der Waals surface area contributed by atoms with Gasteiger partial charge in [-0.1, -0.05) is 0 Å². The molecule has 2 rings (SSSR count). The summed E-state index contributed by atoms with van der Waals surface area (Å²) >= 11 is 0. The van der Waals surface area contributed by atoms with E-state index in [-0.39, 0.29) is 13.2 Å². The van der Waals surface area contributed by atoms with E-state index in [0.29, 0.717) is 0 Å². The third kappa shape index (κ3) is 2.30. The molecule has 8 nitrogen and oxygen atoms in total. The number of carbonyl (C=O) groups is 4. The molecule has 1 aromatic rings. The molecule has 0 radical (unpaired) electrons. The van der Waals surface area contributed by atoms with E-state index in [1.165, 1.54) is 0 Å². The van der Waals surface area contributed by atoms with Crippen molar-refractivity contribution in [3.05, 3.63) is 34.4 Å². The smallest absolute Gasteiger partial charge is 0.339 e. The first-order chi connectivity index (χ1) is 9.41. The third-order valence-corrected chi connectivity index (χ3v) is 2.59. The highest BCUT2D eigenvalue weighted by Crippen LogP contribution is 2.22. The first-order valence-corrected chi connectivity index (χ1v) is 5.40. The van der Waals surface area contributed by atoms with E-state index in [9.17, 15) is 19.2 Å². The maximum atomic E-state index is 11.7. The van der Waals surface area contributed by atoms with Crippen molar-refractivity contribution in [2.75, 3.05) is 13.2 Å². The Morgan fingerprint density at radius 3 is 1.70 bits per heavy atom. The largest absolute Gasteiger partial charge is 0.478 e. The molecule has 1 aliphatic heterocycles. The molecule has 104 valence electrons. The van der Waals surface area contributed by atoms with Gasteiger partial charge in [0.05, 0.1) is 22.3 Å². The molecule has 0 spiro atoms. The molecule has 2 N–H and O–H groups in total. The van der Waals surface area contributed by atoms with Crippen LogP contribution in [0.5, 0.6) is 0 Å². The number of benzene rings is 1. The van der Waals surface area contributed by atoms with E-state index in [1.54, 1.807) is 0 Å². The van der Waals surface area contributed by atoms with Crippen molar-refractivity contribution in [2.45, 2.75) is 0 Å². The Kier molecular flexibility index (Phi) is 3.38. The molecule has 1 aromatic carbocycles. The molecular formula is C12H8O8. The lowest BCUT2D eigenvalue weighted by molar-refractivity contribution is 0.0277. The zero-order valence-corrected chi connectivity index (χ0v) is 9.91. The van der Waals surface area contributed by atoms with Gasteiger partial charge >= 0.3 is 23.9 Å². The van der Waals surface area contributed by atoms with E-state index in [2.05, 4.69) is 0 Å². The first-order valence-electron chi connectivity index (χ1n) is 5.40. The standard InChI is InChI=1S/C12H8O8/c13-9(14)5-3-6-8(10(15)16)7(4-5)12(18)20-2-1-19-11(6)17/h3-4H,1-2H2,(H,13,14)(H,15,16). The van der Waals surface area contributed by atoms with Gasteiger partial charge < -0.3 is 19.7 Å². The van der Waals surface area contributed by atoms with Crippen molar-refractivity contribution in [1.29, 1.82) is 0 Å². The predicted molar refractivity (Wildman–Crippen MR) is 60.9 cm³/mol. The molecule has 0 amide bonds. The highest BCUT2D eigenvalue weighted by atomic mass is 16.6. The fraction of sp³-hybridized carbons (Fsp3) is 0.167. The van der Waals surface area contributed by atoms with Gasteiger partial charge in [0.15, 0.2) is 0 Å². The van der Waals surface area contributed by atoms with Gasteiger partial charge in [0.25, 0.3) is 0 Å². The molecule has 20 heavy (non-hydrogen) atoms. The number of hydrogen-bond acceptors (Lipinski definition) is 6. The van der Waals surface area contributed by atoms with Crippen molar-refractivity contribution >= 4 is 23.9 Å². The number of esters is 2. The number of carboxylic acids is 2. The summed E-state index contributed by atoms with van der Waals surface area (Å²) in [5.41, 5.74) is -2.03. The second-order valence-electron chi connectivity index (χ2n) is 3.83. The Morgan fingerprint density at radius 1 is 0.900 bits per heavy atom. The summed E-state index contributed by atoms with van der Waals surface area (Å²) in [7, 11) is 0. The molecule has 0 saturated heterocycles. The van der Waals surface area contributed by atoms with Crippen molar-refractivity contribution < 1.29 is 38.9 Å². The molecule has 0 atom stereocenters. The molecule has 1 heterocycles. The minimum absolute atomic E-state index is 0.246. The van der Waals surface area contributed by atoms with Crippen LogP contribution in [0.2, 0.25) is 0 Å². The minimum atomic E-state index is -1.55. The number of carboxylic acid groups (broad SMARTS) is 2. The Morgan fingerprint density at radius 2 is 1.35 bits per heavy atom. The Labute approximate surface area is 111 Å². The van der Waals surface area contributed by atoms with E-state index in [4.69, 9.17) is 19.7 Å². The van der Waals surface area contributed by atoms with E-state index < -0.39 is 46.1 Å². The lowest BCUT2D eigenvalue weighted by Gasteiger charge is -2.09. The van der Waals surface area contributed by atoms with Crippen molar-refractivity contribution in [3.63, 3.8) is 0 Å². The zero-order chi connectivity index (χ0) is 14.9. The molecule has 0 fully saturated rings. The van der Waals surface area contributed by atoms with Crippen LogP contribution in [0.1, 0.15) is 41.4 Å². The summed E-state index contributed by atoms with van der Waals surface area (Å²) in [5.74, 6) is -5.01. The van der Waals surface area contributed by atoms with Gasteiger partial charge in [-0.25, -0.2) is 19.2 Å². The number of hydrogen-bond donors (Lipinski definition) is 2. The minimum Gasteiger partial charge on any atom is -0.478 e. The Balaban J connectivity index is 2.80. The Hall–Kier alpha value is -2.90. The SMILES string of the molecule is O=C(O)c1cc2c(C(=O)O)c(c1)C(=O)OCCOC2=O. The number of aromatic carboxylic acids is 2. The monoisotopic (exact) mass is 280 g/mol. The first kappa shape index (κ1) is 13.5. The summed E-state index contributed by atoms with van der Waals surface area (Å²) in [6, 6.07) is 1.71. The van der Waals surface area contributed by atoms with Crippen LogP contribution in [-0.2, 0) is 9.47 Å². The van der Waals surface area contributed by atoms with Crippen LogP contribution in [-0.4, -0.2) is 47.3 Å². The van der Waals surface area contributed by atoms with E-state index >= 15 is 0 Å². The van der Waals surface area contributed by atoms with Gasteiger partial charge in [0.2, 0.25) is 0 Å². The normalized spacial score (nSPS) is 14.4. The molecule has 2 bridgehead atoms. The lowest BCUT2D eigenvalue weighted by atomic mass is 9.97. The fourth-order valence-electron chi connectivity index (χ4n) is 1.74. The second-order valence-corrected chi connectivity index (χ2v) is 3.83. The van der Waals surface area contributed by atoms with Crippen LogP contribution in [0.25, 0.3) is 0 Å². The van der Waals surface area contributed by atoms with Gasteiger partial charge in [-0.3, -0.25) is 0 Å². The van der Waals surface area contributed by atoms with Crippen LogP contribution in [0.3, 0.4) is 0 Å². The Bertz CT molecular complexity index is 591. The molecule has 0 aliphatic carbocycles. The van der Waals surface area contributed by atoms with Crippen LogP contribution < -0.4 is 0 Å².